The highest BCUT2D eigenvalue weighted by molar-refractivity contribution is 6.05. The number of piperidine rings is 1. The minimum Gasteiger partial charge on any atom is -0.310 e. The maximum absolute atomic E-state index is 12.8. The average Bonchev–Trinajstić information content (AvgIpc) is 3.17. The smallest absolute Gasteiger partial charge is 0.227 e. The van der Waals surface area contributed by atoms with Crippen LogP contribution in [0.5, 0.6) is 0 Å². The second-order valence-corrected chi connectivity index (χ2v) is 8.58. The van der Waals surface area contributed by atoms with Gasteiger partial charge >= 0.3 is 0 Å². The van der Waals surface area contributed by atoms with E-state index in [1.165, 1.54) is 40.7 Å². The van der Waals surface area contributed by atoms with Gasteiger partial charge in [-0.3, -0.25) is 9.59 Å². The Morgan fingerprint density at radius 2 is 1.72 bits per heavy atom. The van der Waals surface area contributed by atoms with Gasteiger partial charge < -0.3 is 9.80 Å². The van der Waals surface area contributed by atoms with Crippen LogP contribution in [-0.2, 0) is 28.9 Å². The third-order valence-electron chi connectivity index (χ3n) is 6.74. The summed E-state index contributed by atoms with van der Waals surface area (Å²) < 4.78 is 0. The zero-order valence-electron chi connectivity index (χ0n) is 17.2. The molecule has 0 bridgehead atoms. The molecule has 150 valence electrons. The van der Waals surface area contributed by atoms with E-state index in [2.05, 4.69) is 30.3 Å². The third kappa shape index (κ3) is 3.15. The van der Waals surface area contributed by atoms with Crippen LogP contribution in [0.25, 0.3) is 11.1 Å². The molecule has 5 rings (SSSR count). The summed E-state index contributed by atoms with van der Waals surface area (Å²) in [5, 5.41) is 0. The molecule has 29 heavy (non-hydrogen) atoms. The Morgan fingerprint density at radius 1 is 0.897 bits per heavy atom. The first-order chi connectivity index (χ1) is 14.1. The first-order valence-corrected chi connectivity index (χ1v) is 11.0. The zero-order chi connectivity index (χ0) is 20.0. The van der Waals surface area contributed by atoms with Gasteiger partial charge in [0.1, 0.15) is 0 Å². The van der Waals surface area contributed by atoms with E-state index in [9.17, 15) is 9.59 Å². The largest absolute Gasteiger partial charge is 0.310 e. The Labute approximate surface area is 172 Å². The molecule has 4 nitrogen and oxygen atoms in total. The molecule has 0 unspecified atom stereocenters. The molecule has 0 radical (unpaired) electrons. The van der Waals surface area contributed by atoms with Crippen molar-refractivity contribution in [3.63, 3.8) is 0 Å². The first kappa shape index (κ1) is 18.4. The lowest BCUT2D eigenvalue weighted by Gasteiger charge is -2.31. The molecule has 0 aromatic heterocycles. The molecular formula is C25H28N2O2. The molecule has 2 aromatic carbocycles. The summed E-state index contributed by atoms with van der Waals surface area (Å²) in [5.74, 6) is 0.236. The topological polar surface area (TPSA) is 40.6 Å². The first-order valence-electron chi connectivity index (χ1n) is 11.0. The number of carbonyl (C=O) groups is 2. The molecule has 2 amide bonds. The SMILES string of the molecule is CC(=O)N1CCc2cc(-c3cccc4c3CCCC4)cc(N3CCCCC3=O)c21. The summed E-state index contributed by atoms with van der Waals surface area (Å²) in [4.78, 5) is 28.9. The second-order valence-electron chi connectivity index (χ2n) is 8.58. The predicted octanol–water partition coefficient (Wildman–Crippen LogP) is 4.66. The van der Waals surface area contributed by atoms with Crippen molar-refractivity contribution in [1.29, 1.82) is 0 Å². The number of amides is 2. The Kier molecular flexibility index (Phi) is 4.65. The fraction of sp³-hybridized carbons (Fsp3) is 0.440. The Morgan fingerprint density at radius 3 is 2.55 bits per heavy atom. The van der Waals surface area contributed by atoms with Gasteiger partial charge in [-0.15, -0.1) is 0 Å². The summed E-state index contributed by atoms with van der Waals surface area (Å²) >= 11 is 0. The lowest BCUT2D eigenvalue weighted by molar-refractivity contribution is -0.119. The number of hydrogen-bond donors (Lipinski definition) is 0. The molecule has 1 aliphatic carbocycles. The van der Waals surface area contributed by atoms with Crippen LogP contribution in [0, 0.1) is 0 Å². The summed E-state index contributed by atoms with van der Waals surface area (Å²) in [7, 11) is 0. The highest BCUT2D eigenvalue weighted by atomic mass is 16.2. The van der Waals surface area contributed by atoms with Crippen molar-refractivity contribution in [2.45, 2.75) is 58.3 Å². The number of nitrogens with zero attached hydrogens (tertiary/aromatic N) is 2. The molecule has 4 heteroatoms. The molecule has 2 heterocycles. The van der Waals surface area contributed by atoms with E-state index in [0.717, 1.165) is 50.0 Å². The van der Waals surface area contributed by atoms with E-state index in [-0.39, 0.29) is 11.8 Å². The summed E-state index contributed by atoms with van der Waals surface area (Å²) in [5.41, 5.74) is 8.52. The van der Waals surface area contributed by atoms with E-state index in [1.807, 2.05) is 9.80 Å². The van der Waals surface area contributed by atoms with E-state index in [4.69, 9.17) is 0 Å². The van der Waals surface area contributed by atoms with Crippen LogP contribution in [0.4, 0.5) is 11.4 Å². The number of fused-ring (bicyclic) bond motifs is 2. The minimum absolute atomic E-state index is 0.0549. The third-order valence-corrected chi connectivity index (χ3v) is 6.74. The molecule has 0 N–H and O–H groups in total. The molecule has 0 saturated carbocycles. The predicted molar refractivity (Wildman–Crippen MR) is 116 cm³/mol. The average molecular weight is 389 g/mol. The van der Waals surface area contributed by atoms with Crippen LogP contribution in [0.3, 0.4) is 0 Å². The van der Waals surface area contributed by atoms with Crippen molar-refractivity contribution in [1.82, 2.24) is 0 Å². The molecule has 1 fully saturated rings. The Hall–Kier alpha value is -2.62. The van der Waals surface area contributed by atoms with Gasteiger partial charge in [0.2, 0.25) is 11.8 Å². The van der Waals surface area contributed by atoms with Gasteiger partial charge in [0.15, 0.2) is 0 Å². The number of carbonyl (C=O) groups excluding carboxylic acids is 2. The van der Waals surface area contributed by atoms with E-state index < -0.39 is 0 Å². The lowest BCUT2D eigenvalue weighted by Crippen LogP contribution is -2.37. The van der Waals surface area contributed by atoms with Gasteiger partial charge in [0, 0.05) is 26.4 Å². The van der Waals surface area contributed by atoms with Crippen molar-refractivity contribution < 1.29 is 9.59 Å². The fourth-order valence-electron chi connectivity index (χ4n) is 5.31. The van der Waals surface area contributed by atoms with Crippen LogP contribution < -0.4 is 9.80 Å². The number of aryl methyl sites for hydroxylation is 1. The van der Waals surface area contributed by atoms with Gasteiger partial charge in [-0.05, 0) is 84.9 Å². The fourth-order valence-corrected chi connectivity index (χ4v) is 5.31. The van der Waals surface area contributed by atoms with Gasteiger partial charge in [0.25, 0.3) is 0 Å². The van der Waals surface area contributed by atoms with Crippen molar-refractivity contribution in [2.75, 3.05) is 22.9 Å². The van der Waals surface area contributed by atoms with Crippen LogP contribution in [0.1, 0.15) is 55.7 Å². The Balaban J connectivity index is 1.69. The van der Waals surface area contributed by atoms with Crippen LogP contribution >= 0.6 is 0 Å². The van der Waals surface area contributed by atoms with Crippen LogP contribution in [0.15, 0.2) is 30.3 Å². The quantitative estimate of drug-likeness (QED) is 0.751. The second kappa shape index (κ2) is 7.33. The van der Waals surface area contributed by atoms with Crippen molar-refractivity contribution >= 4 is 23.2 Å². The van der Waals surface area contributed by atoms with Gasteiger partial charge in [-0.2, -0.15) is 0 Å². The highest BCUT2D eigenvalue weighted by Gasteiger charge is 2.31. The highest BCUT2D eigenvalue weighted by Crippen LogP contribution is 2.43. The molecule has 0 spiro atoms. The van der Waals surface area contributed by atoms with E-state index >= 15 is 0 Å². The van der Waals surface area contributed by atoms with Gasteiger partial charge in [-0.1, -0.05) is 18.2 Å². The summed E-state index contributed by atoms with van der Waals surface area (Å²) in [6.07, 6.45) is 8.22. The molecule has 2 aliphatic heterocycles. The van der Waals surface area contributed by atoms with Crippen molar-refractivity contribution in [3.05, 3.63) is 47.0 Å². The van der Waals surface area contributed by atoms with Crippen LogP contribution in [0.2, 0.25) is 0 Å². The number of hydrogen-bond acceptors (Lipinski definition) is 2. The van der Waals surface area contributed by atoms with Crippen molar-refractivity contribution in [3.8, 4) is 11.1 Å². The standard InChI is InChI=1S/C25H28N2O2/c1-17(28)26-14-12-19-15-20(22-10-6-8-18-7-2-3-9-21(18)22)16-23(25(19)26)27-13-5-4-11-24(27)29/h6,8,10,15-16H,2-5,7,9,11-14H2,1H3. The van der Waals surface area contributed by atoms with Crippen molar-refractivity contribution in [2.24, 2.45) is 0 Å². The van der Waals surface area contributed by atoms with Crippen LogP contribution in [-0.4, -0.2) is 24.9 Å². The zero-order valence-corrected chi connectivity index (χ0v) is 17.2. The number of rotatable bonds is 2. The number of anilines is 2. The van der Waals surface area contributed by atoms with Gasteiger partial charge in [-0.25, -0.2) is 0 Å². The summed E-state index contributed by atoms with van der Waals surface area (Å²) in [6.45, 7) is 3.07. The molecular weight excluding hydrogens is 360 g/mol. The normalized spacial score (nSPS) is 18.6. The van der Waals surface area contributed by atoms with E-state index in [0.29, 0.717) is 13.0 Å². The molecule has 3 aliphatic rings. The Bertz CT molecular complexity index is 995. The lowest BCUT2D eigenvalue weighted by atomic mass is 9.85. The molecule has 2 aromatic rings. The maximum Gasteiger partial charge on any atom is 0.227 e. The number of benzene rings is 2. The molecule has 0 atom stereocenters. The monoisotopic (exact) mass is 388 g/mol. The molecule has 1 saturated heterocycles. The minimum atomic E-state index is 0.0549. The maximum atomic E-state index is 12.8. The summed E-state index contributed by atoms with van der Waals surface area (Å²) in [6, 6.07) is 11.1. The van der Waals surface area contributed by atoms with Gasteiger partial charge in [0.05, 0.1) is 11.4 Å². The van der Waals surface area contributed by atoms with E-state index in [1.54, 1.807) is 6.92 Å².